The van der Waals surface area contributed by atoms with Gasteiger partial charge in [0, 0.05) is 32.6 Å². The minimum absolute atomic E-state index is 0.786. The number of fused-ring (bicyclic) bond motifs is 10. The standard InChI is InChI=1S/C35H21N3O/c1-2-10-23(11-3-1)37-30-20-19-26-25-13-6-7-15-29(25)38(31-16-8-14-28-35(31)39-21-36-28)34(26)32(30)27-18-17-22-9-4-5-12-24(22)33(27)37/h1-21H. The van der Waals surface area contributed by atoms with Gasteiger partial charge in [0.15, 0.2) is 12.0 Å². The maximum absolute atomic E-state index is 5.97. The molecule has 0 bridgehead atoms. The van der Waals surface area contributed by atoms with Gasteiger partial charge in [0.1, 0.15) is 5.52 Å². The number of aromatic nitrogens is 3. The lowest BCUT2D eigenvalue weighted by molar-refractivity contribution is 0.600. The summed E-state index contributed by atoms with van der Waals surface area (Å²) in [5.74, 6) is 0. The van der Waals surface area contributed by atoms with E-state index in [-0.39, 0.29) is 0 Å². The summed E-state index contributed by atoms with van der Waals surface area (Å²) in [6, 6.07) is 43.3. The SMILES string of the molecule is c1ccc(-n2c3ccc4c5ccccc5n(-c5cccc6ncoc56)c4c3c3ccc4ccccc4c32)cc1. The minimum Gasteiger partial charge on any atom is -0.441 e. The van der Waals surface area contributed by atoms with Crippen LogP contribution in [0, 0.1) is 0 Å². The van der Waals surface area contributed by atoms with E-state index in [2.05, 4.69) is 129 Å². The number of para-hydroxylation sites is 3. The van der Waals surface area contributed by atoms with E-state index in [1.807, 2.05) is 6.07 Å². The molecule has 0 saturated carbocycles. The van der Waals surface area contributed by atoms with E-state index in [0.29, 0.717) is 0 Å². The zero-order valence-electron chi connectivity index (χ0n) is 20.9. The van der Waals surface area contributed by atoms with Crippen molar-refractivity contribution in [3.63, 3.8) is 0 Å². The molecule has 0 radical (unpaired) electrons. The Kier molecular flexibility index (Phi) is 4.02. The van der Waals surface area contributed by atoms with Crippen molar-refractivity contribution in [1.29, 1.82) is 0 Å². The predicted molar refractivity (Wildman–Crippen MR) is 160 cm³/mol. The first kappa shape index (κ1) is 20.7. The Hall–Kier alpha value is -5.35. The topological polar surface area (TPSA) is 35.9 Å². The number of hydrogen-bond donors (Lipinski definition) is 0. The van der Waals surface area contributed by atoms with Gasteiger partial charge in [-0.1, -0.05) is 84.9 Å². The predicted octanol–water partition coefficient (Wildman–Crippen LogP) is 9.18. The van der Waals surface area contributed by atoms with Crippen LogP contribution in [0.5, 0.6) is 0 Å². The molecule has 0 unspecified atom stereocenters. The van der Waals surface area contributed by atoms with Crippen LogP contribution in [-0.4, -0.2) is 14.1 Å². The van der Waals surface area contributed by atoms with Crippen molar-refractivity contribution in [3.8, 4) is 11.4 Å². The van der Waals surface area contributed by atoms with Gasteiger partial charge in [-0.05, 0) is 41.8 Å². The van der Waals surface area contributed by atoms with Gasteiger partial charge >= 0.3 is 0 Å². The molecule has 0 N–H and O–H groups in total. The summed E-state index contributed by atoms with van der Waals surface area (Å²) in [6.45, 7) is 0. The Morgan fingerprint density at radius 1 is 0.513 bits per heavy atom. The van der Waals surface area contributed by atoms with Gasteiger partial charge in [-0.2, -0.15) is 0 Å². The quantitative estimate of drug-likeness (QED) is 0.238. The fourth-order valence-electron chi connectivity index (χ4n) is 6.46. The summed E-state index contributed by atoms with van der Waals surface area (Å²) in [6.07, 6.45) is 1.53. The molecule has 9 aromatic rings. The Morgan fingerprint density at radius 2 is 1.31 bits per heavy atom. The first-order chi connectivity index (χ1) is 19.4. The molecule has 0 saturated heterocycles. The summed E-state index contributed by atoms with van der Waals surface area (Å²) in [5, 5.41) is 7.36. The highest BCUT2D eigenvalue weighted by Crippen LogP contribution is 2.44. The molecule has 0 amide bonds. The molecule has 6 aromatic carbocycles. The monoisotopic (exact) mass is 499 g/mol. The summed E-state index contributed by atoms with van der Waals surface area (Å²) in [7, 11) is 0. The number of rotatable bonds is 2. The maximum Gasteiger partial charge on any atom is 0.182 e. The van der Waals surface area contributed by atoms with Crippen LogP contribution in [0.15, 0.2) is 132 Å². The van der Waals surface area contributed by atoms with Gasteiger partial charge in [0.2, 0.25) is 0 Å². The number of nitrogens with zero attached hydrogens (tertiary/aromatic N) is 3. The van der Waals surface area contributed by atoms with Crippen LogP contribution in [0.25, 0.3) is 76.9 Å². The molecule has 0 aliphatic heterocycles. The summed E-state index contributed by atoms with van der Waals surface area (Å²) in [5.41, 5.74) is 8.49. The van der Waals surface area contributed by atoms with Crippen LogP contribution in [-0.2, 0) is 0 Å². The highest BCUT2D eigenvalue weighted by atomic mass is 16.3. The Morgan fingerprint density at radius 3 is 2.23 bits per heavy atom. The van der Waals surface area contributed by atoms with Gasteiger partial charge in [0.25, 0.3) is 0 Å². The molecule has 9 rings (SSSR count). The molecule has 0 aliphatic carbocycles. The Bertz CT molecular complexity index is 2390. The molecule has 3 aromatic heterocycles. The van der Waals surface area contributed by atoms with E-state index in [4.69, 9.17) is 4.42 Å². The fraction of sp³-hybridized carbons (Fsp3) is 0. The number of hydrogen-bond acceptors (Lipinski definition) is 2. The molecule has 0 aliphatic rings. The fourth-order valence-corrected chi connectivity index (χ4v) is 6.46. The Balaban J connectivity index is 1.59. The van der Waals surface area contributed by atoms with Gasteiger partial charge in [-0.15, -0.1) is 0 Å². The molecule has 39 heavy (non-hydrogen) atoms. The summed E-state index contributed by atoms with van der Waals surface area (Å²) < 4.78 is 10.8. The molecule has 4 heteroatoms. The third-order valence-electron chi connectivity index (χ3n) is 8.04. The minimum atomic E-state index is 0.786. The van der Waals surface area contributed by atoms with E-state index < -0.39 is 0 Å². The van der Waals surface area contributed by atoms with Gasteiger partial charge < -0.3 is 13.6 Å². The molecule has 182 valence electrons. The smallest absolute Gasteiger partial charge is 0.182 e. The number of oxazole rings is 1. The second kappa shape index (κ2) is 7.59. The van der Waals surface area contributed by atoms with E-state index in [9.17, 15) is 0 Å². The lowest BCUT2D eigenvalue weighted by atomic mass is 10.0. The largest absolute Gasteiger partial charge is 0.441 e. The number of benzene rings is 6. The van der Waals surface area contributed by atoms with E-state index in [0.717, 1.165) is 28.0 Å². The van der Waals surface area contributed by atoms with Crippen LogP contribution in [0.3, 0.4) is 0 Å². The molecule has 0 atom stereocenters. The van der Waals surface area contributed by atoms with Crippen LogP contribution >= 0.6 is 0 Å². The Labute approximate surface area is 222 Å². The first-order valence-electron chi connectivity index (χ1n) is 13.1. The van der Waals surface area contributed by atoms with Crippen molar-refractivity contribution in [2.24, 2.45) is 0 Å². The van der Waals surface area contributed by atoms with Gasteiger partial charge in [-0.3, -0.25) is 0 Å². The van der Waals surface area contributed by atoms with Crippen molar-refractivity contribution in [2.45, 2.75) is 0 Å². The second-order valence-electron chi connectivity index (χ2n) is 10.0. The van der Waals surface area contributed by atoms with Crippen molar-refractivity contribution >= 4 is 65.5 Å². The molecule has 0 fully saturated rings. The third kappa shape index (κ3) is 2.70. The lowest BCUT2D eigenvalue weighted by Crippen LogP contribution is -1.96. The lowest BCUT2D eigenvalue weighted by Gasteiger charge is -2.10. The first-order valence-corrected chi connectivity index (χ1v) is 13.1. The zero-order valence-corrected chi connectivity index (χ0v) is 20.9. The second-order valence-corrected chi connectivity index (χ2v) is 10.0. The molecular weight excluding hydrogens is 478 g/mol. The molecule has 0 spiro atoms. The third-order valence-corrected chi connectivity index (χ3v) is 8.04. The van der Waals surface area contributed by atoms with Crippen LogP contribution < -0.4 is 0 Å². The normalized spacial score (nSPS) is 12.1. The van der Waals surface area contributed by atoms with Gasteiger partial charge in [0.05, 0.1) is 27.8 Å². The highest BCUT2D eigenvalue weighted by molar-refractivity contribution is 6.29. The molecule has 4 nitrogen and oxygen atoms in total. The summed E-state index contributed by atoms with van der Waals surface area (Å²) in [4.78, 5) is 4.46. The molecular formula is C35H21N3O. The van der Waals surface area contributed by atoms with E-state index in [1.165, 1.54) is 55.3 Å². The van der Waals surface area contributed by atoms with Crippen molar-refractivity contribution < 1.29 is 4.42 Å². The maximum atomic E-state index is 5.97. The zero-order chi connectivity index (χ0) is 25.5. The van der Waals surface area contributed by atoms with E-state index in [1.54, 1.807) is 0 Å². The van der Waals surface area contributed by atoms with E-state index >= 15 is 0 Å². The average Bonchev–Trinajstić information content (AvgIpc) is 3.70. The average molecular weight is 500 g/mol. The van der Waals surface area contributed by atoms with Crippen LogP contribution in [0.4, 0.5) is 0 Å². The summed E-state index contributed by atoms with van der Waals surface area (Å²) >= 11 is 0. The van der Waals surface area contributed by atoms with Crippen LogP contribution in [0.1, 0.15) is 0 Å². The van der Waals surface area contributed by atoms with Crippen LogP contribution in [0.2, 0.25) is 0 Å². The van der Waals surface area contributed by atoms with Crippen molar-refractivity contribution in [3.05, 3.63) is 128 Å². The van der Waals surface area contributed by atoms with Crippen molar-refractivity contribution in [1.82, 2.24) is 14.1 Å². The van der Waals surface area contributed by atoms with Crippen molar-refractivity contribution in [2.75, 3.05) is 0 Å². The molecule has 3 heterocycles. The highest BCUT2D eigenvalue weighted by Gasteiger charge is 2.23. The van der Waals surface area contributed by atoms with Gasteiger partial charge in [-0.25, -0.2) is 4.98 Å².